The number of halogens is 3. The fourth-order valence-corrected chi connectivity index (χ4v) is 2.95. The summed E-state index contributed by atoms with van der Waals surface area (Å²) in [5.74, 6) is -1.24. The number of anilines is 1. The minimum atomic E-state index is -3.96. The van der Waals surface area contributed by atoms with Crippen molar-refractivity contribution in [3.63, 3.8) is 0 Å². The van der Waals surface area contributed by atoms with Crippen molar-refractivity contribution >= 4 is 31.6 Å². The first-order valence-electron chi connectivity index (χ1n) is 5.53. The monoisotopic (exact) mass is 361 g/mol. The van der Waals surface area contributed by atoms with Crippen LogP contribution in [0, 0.1) is 18.6 Å². The number of benzene rings is 2. The Morgan fingerprint density at radius 1 is 1.10 bits per heavy atom. The van der Waals surface area contributed by atoms with Gasteiger partial charge in [-0.05, 0) is 64.8 Å². The van der Waals surface area contributed by atoms with Crippen LogP contribution in [-0.4, -0.2) is 8.42 Å². The average molecular weight is 362 g/mol. The fraction of sp³-hybridized carbons (Fsp3) is 0.0769. The number of aryl methyl sites for hydroxylation is 1. The Labute approximate surface area is 123 Å². The zero-order valence-corrected chi connectivity index (χ0v) is 12.7. The molecule has 0 aliphatic carbocycles. The molecule has 0 radical (unpaired) electrons. The van der Waals surface area contributed by atoms with E-state index in [0.29, 0.717) is 5.56 Å². The van der Waals surface area contributed by atoms with Gasteiger partial charge in [0.05, 0.1) is 15.1 Å². The molecule has 1 N–H and O–H groups in total. The zero-order chi connectivity index (χ0) is 14.9. The number of hydrogen-bond acceptors (Lipinski definition) is 2. The van der Waals surface area contributed by atoms with Crippen molar-refractivity contribution in [3.05, 3.63) is 58.1 Å². The summed E-state index contributed by atoms with van der Waals surface area (Å²) in [5, 5.41) is 0. The van der Waals surface area contributed by atoms with Gasteiger partial charge in [0.15, 0.2) is 0 Å². The van der Waals surface area contributed by atoms with Crippen LogP contribution in [0.5, 0.6) is 0 Å². The highest BCUT2D eigenvalue weighted by Gasteiger charge is 2.16. The maximum absolute atomic E-state index is 13.4. The second-order valence-corrected chi connectivity index (χ2v) is 6.74. The van der Waals surface area contributed by atoms with Crippen molar-refractivity contribution in [1.29, 1.82) is 0 Å². The minimum absolute atomic E-state index is 0.0887. The molecule has 0 amide bonds. The highest BCUT2D eigenvalue weighted by molar-refractivity contribution is 9.10. The summed E-state index contributed by atoms with van der Waals surface area (Å²) in [7, 11) is -3.96. The molecule has 0 heterocycles. The van der Waals surface area contributed by atoms with Gasteiger partial charge in [-0.15, -0.1) is 0 Å². The molecule has 0 aliphatic heterocycles. The van der Waals surface area contributed by atoms with Crippen LogP contribution < -0.4 is 4.72 Å². The maximum atomic E-state index is 13.4. The lowest BCUT2D eigenvalue weighted by molar-refractivity contribution is 0.593. The number of sulfonamides is 1. The molecule has 0 spiro atoms. The Hall–Kier alpha value is -1.47. The molecule has 2 rings (SSSR count). The Bertz CT molecular complexity index is 743. The largest absolute Gasteiger partial charge is 0.280 e. The van der Waals surface area contributed by atoms with Gasteiger partial charge in [-0.2, -0.15) is 0 Å². The van der Waals surface area contributed by atoms with E-state index in [9.17, 15) is 17.2 Å². The van der Waals surface area contributed by atoms with Gasteiger partial charge in [-0.25, -0.2) is 17.2 Å². The highest BCUT2D eigenvalue weighted by Crippen LogP contribution is 2.22. The van der Waals surface area contributed by atoms with Crippen molar-refractivity contribution in [2.75, 3.05) is 4.72 Å². The van der Waals surface area contributed by atoms with Crippen molar-refractivity contribution in [2.45, 2.75) is 11.8 Å². The van der Waals surface area contributed by atoms with E-state index in [1.54, 1.807) is 6.92 Å². The van der Waals surface area contributed by atoms with E-state index in [1.165, 1.54) is 24.3 Å². The summed E-state index contributed by atoms with van der Waals surface area (Å²) in [6.07, 6.45) is 0. The van der Waals surface area contributed by atoms with E-state index in [0.717, 1.165) is 12.1 Å². The third-order valence-electron chi connectivity index (χ3n) is 2.50. The Balaban J connectivity index is 2.37. The second kappa shape index (κ2) is 5.49. The molecule has 20 heavy (non-hydrogen) atoms. The summed E-state index contributed by atoms with van der Waals surface area (Å²) < 4.78 is 53.1. The molecule has 2 aromatic rings. The van der Waals surface area contributed by atoms with Gasteiger partial charge in [-0.3, -0.25) is 4.72 Å². The molecular weight excluding hydrogens is 352 g/mol. The number of nitrogens with one attached hydrogen (secondary N) is 1. The summed E-state index contributed by atoms with van der Waals surface area (Å²) in [5.41, 5.74) is 0.663. The van der Waals surface area contributed by atoms with Gasteiger partial charge < -0.3 is 0 Å². The van der Waals surface area contributed by atoms with Crippen LogP contribution in [0.1, 0.15) is 5.56 Å². The van der Waals surface area contributed by atoms with Crippen LogP contribution in [-0.2, 0) is 10.0 Å². The van der Waals surface area contributed by atoms with E-state index in [-0.39, 0.29) is 15.1 Å². The first-order valence-corrected chi connectivity index (χ1v) is 7.80. The van der Waals surface area contributed by atoms with E-state index in [2.05, 4.69) is 20.7 Å². The van der Waals surface area contributed by atoms with E-state index < -0.39 is 21.7 Å². The molecule has 0 unspecified atom stereocenters. The molecule has 0 aromatic heterocycles. The number of rotatable bonds is 3. The number of hydrogen-bond donors (Lipinski definition) is 1. The van der Waals surface area contributed by atoms with Crippen LogP contribution in [0.25, 0.3) is 0 Å². The van der Waals surface area contributed by atoms with Crippen molar-refractivity contribution < 1.29 is 17.2 Å². The first kappa shape index (κ1) is 14.9. The molecule has 0 atom stereocenters. The Morgan fingerprint density at radius 3 is 2.40 bits per heavy atom. The second-order valence-electron chi connectivity index (χ2n) is 4.20. The lowest BCUT2D eigenvalue weighted by atomic mass is 10.2. The van der Waals surface area contributed by atoms with Crippen molar-refractivity contribution in [2.24, 2.45) is 0 Å². The Morgan fingerprint density at radius 2 is 1.80 bits per heavy atom. The van der Waals surface area contributed by atoms with Crippen LogP contribution in [0.4, 0.5) is 14.5 Å². The molecule has 0 saturated heterocycles. The standard InChI is InChI=1S/C13H10BrF2NO2S/c1-8-4-9(15)6-10(5-8)17-20(18,19)11-2-3-12(14)13(16)7-11/h2-7,17H,1H3. The molecule has 0 fully saturated rings. The van der Waals surface area contributed by atoms with Crippen LogP contribution in [0.3, 0.4) is 0 Å². The van der Waals surface area contributed by atoms with E-state index in [1.807, 2.05) is 0 Å². The molecule has 2 aromatic carbocycles. The van der Waals surface area contributed by atoms with Gasteiger partial charge >= 0.3 is 0 Å². The molecule has 0 aliphatic rings. The molecule has 106 valence electrons. The fourth-order valence-electron chi connectivity index (χ4n) is 1.65. The lowest BCUT2D eigenvalue weighted by Gasteiger charge is -2.09. The predicted octanol–water partition coefficient (Wildman–Crippen LogP) is 3.84. The normalized spacial score (nSPS) is 11.4. The van der Waals surface area contributed by atoms with Crippen LogP contribution in [0.15, 0.2) is 45.8 Å². The van der Waals surface area contributed by atoms with Gasteiger partial charge in [0.25, 0.3) is 10.0 Å². The van der Waals surface area contributed by atoms with Gasteiger partial charge in [0.1, 0.15) is 11.6 Å². The predicted molar refractivity (Wildman–Crippen MR) is 76.0 cm³/mol. The summed E-state index contributed by atoms with van der Waals surface area (Å²) in [6.45, 7) is 1.64. The van der Waals surface area contributed by atoms with Gasteiger partial charge in [-0.1, -0.05) is 0 Å². The molecule has 0 saturated carbocycles. The third-order valence-corrected chi connectivity index (χ3v) is 4.52. The van der Waals surface area contributed by atoms with Gasteiger partial charge in [0, 0.05) is 0 Å². The van der Waals surface area contributed by atoms with Crippen LogP contribution >= 0.6 is 15.9 Å². The highest BCUT2D eigenvalue weighted by atomic mass is 79.9. The molecular formula is C13H10BrF2NO2S. The molecule has 0 bridgehead atoms. The third kappa shape index (κ3) is 3.34. The van der Waals surface area contributed by atoms with Crippen molar-refractivity contribution in [3.8, 4) is 0 Å². The summed E-state index contributed by atoms with van der Waals surface area (Å²) in [4.78, 5) is -0.236. The first-order chi connectivity index (χ1) is 9.28. The maximum Gasteiger partial charge on any atom is 0.261 e. The summed E-state index contributed by atoms with van der Waals surface area (Å²) in [6, 6.07) is 7.24. The van der Waals surface area contributed by atoms with Crippen LogP contribution in [0.2, 0.25) is 0 Å². The van der Waals surface area contributed by atoms with Crippen molar-refractivity contribution in [1.82, 2.24) is 0 Å². The summed E-state index contributed by atoms with van der Waals surface area (Å²) >= 11 is 2.94. The van der Waals surface area contributed by atoms with Gasteiger partial charge in [0.2, 0.25) is 0 Å². The molecule has 7 heteroatoms. The van der Waals surface area contributed by atoms with E-state index >= 15 is 0 Å². The average Bonchev–Trinajstić information content (AvgIpc) is 2.30. The lowest BCUT2D eigenvalue weighted by Crippen LogP contribution is -2.13. The van der Waals surface area contributed by atoms with E-state index in [4.69, 9.17) is 0 Å². The topological polar surface area (TPSA) is 46.2 Å². The SMILES string of the molecule is Cc1cc(F)cc(NS(=O)(=O)c2ccc(Br)c(F)c2)c1. The smallest absolute Gasteiger partial charge is 0.261 e. The Kier molecular flexibility index (Phi) is 4.10. The zero-order valence-electron chi connectivity index (χ0n) is 10.3. The molecule has 3 nitrogen and oxygen atoms in total. The minimum Gasteiger partial charge on any atom is -0.280 e. The quantitative estimate of drug-likeness (QED) is 0.902.